The number of anilines is 1. The van der Waals surface area contributed by atoms with Crippen molar-refractivity contribution in [2.24, 2.45) is 0 Å². The van der Waals surface area contributed by atoms with Crippen molar-refractivity contribution in [2.45, 2.75) is 6.92 Å². The number of benzene rings is 1. The highest BCUT2D eigenvalue weighted by Gasteiger charge is 2.03. The molecule has 15 heavy (non-hydrogen) atoms. The molecule has 3 N–H and O–H groups in total. The standard InChI is InChI=1S/C11H13N3O/c1-2-15-9-5-3-8(4-6-9)11-10(12)7-13-14-11/h3-7H,2,12H2,1H3,(H,13,14). The van der Waals surface area contributed by atoms with Gasteiger partial charge >= 0.3 is 0 Å². The summed E-state index contributed by atoms with van der Waals surface area (Å²) in [5, 5.41) is 6.73. The molecule has 0 saturated carbocycles. The molecular weight excluding hydrogens is 190 g/mol. The second kappa shape index (κ2) is 4.04. The SMILES string of the molecule is CCOc1ccc(-c2[nH]ncc2N)cc1. The molecule has 78 valence electrons. The molecule has 0 saturated heterocycles. The van der Waals surface area contributed by atoms with E-state index in [1.165, 1.54) is 0 Å². The van der Waals surface area contributed by atoms with Gasteiger partial charge in [0.1, 0.15) is 5.75 Å². The van der Waals surface area contributed by atoms with Crippen molar-refractivity contribution in [1.82, 2.24) is 10.2 Å². The average Bonchev–Trinajstić information content (AvgIpc) is 2.66. The van der Waals surface area contributed by atoms with Gasteiger partial charge in [-0.25, -0.2) is 0 Å². The minimum Gasteiger partial charge on any atom is -0.494 e. The highest BCUT2D eigenvalue weighted by Crippen LogP contribution is 2.24. The first kappa shape index (κ1) is 9.58. The van der Waals surface area contributed by atoms with Crippen LogP contribution >= 0.6 is 0 Å². The van der Waals surface area contributed by atoms with Crippen LogP contribution in [0.5, 0.6) is 5.75 Å². The molecule has 1 aromatic heterocycles. The Kier molecular flexibility index (Phi) is 2.58. The summed E-state index contributed by atoms with van der Waals surface area (Å²) in [5.74, 6) is 0.860. The molecule has 2 aromatic rings. The Hall–Kier alpha value is -1.97. The van der Waals surface area contributed by atoms with Crippen LogP contribution in [0.15, 0.2) is 30.5 Å². The number of nitrogens with one attached hydrogen (secondary N) is 1. The summed E-state index contributed by atoms with van der Waals surface area (Å²) in [6.07, 6.45) is 1.60. The maximum atomic E-state index is 5.74. The summed E-state index contributed by atoms with van der Waals surface area (Å²) < 4.78 is 5.35. The molecule has 0 spiro atoms. The van der Waals surface area contributed by atoms with E-state index in [9.17, 15) is 0 Å². The third-order valence-corrected chi connectivity index (χ3v) is 2.12. The van der Waals surface area contributed by atoms with Gasteiger partial charge < -0.3 is 10.5 Å². The van der Waals surface area contributed by atoms with Crippen LogP contribution in [-0.2, 0) is 0 Å². The molecule has 0 aliphatic carbocycles. The summed E-state index contributed by atoms with van der Waals surface area (Å²) >= 11 is 0. The molecule has 0 aliphatic rings. The highest BCUT2D eigenvalue weighted by atomic mass is 16.5. The van der Waals surface area contributed by atoms with Gasteiger partial charge in [0.05, 0.1) is 24.2 Å². The number of nitrogen functional groups attached to an aromatic ring is 1. The minimum atomic E-state index is 0.652. The predicted molar refractivity (Wildman–Crippen MR) is 59.6 cm³/mol. The first-order chi connectivity index (χ1) is 7.31. The predicted octanol–water partition coefficient (Wildman–Crippen LogP) is 2.06. The lowest BCUT2D eigenvalue weighted by Crippen LogP contribution is -1.91. The van der Waals surface area contributed by atoms with Crippen LogP contribution in [0, 0.1) is 0 Å². The van der Waals surface area contributed by atoms with Gasteiger partial charge in [0, 0.05) is 5.56 Å². The first-order valence-corrected chi connectivity index (χ1v) is 4.83. The Morgan fingerprint density at radius 3 is 2.60 bits per heavy atom. The van der Waals surface area contributed by atoms with Crippen molar-refractivity contribution in [2.75, 3.05) is 12.3 Å². The minimum absolute atomic E-state index is 0.652. The van der Waals surface area contributed by atoms with Crippen LogP contribution < -0.4 is 10.5 Å². The third-order valence-electron chi connectivity index (χ3n) is 2.12. The maximum Gasteiger partial charge on any atom is 0.119 e. The topological polar surface area (TPSA) is 63.9 Å². The summed E-state index contributed by atoms with van der Waals surface area (Å²) in [4.78, 5) is 0. The number of nitrogens with two attached hydrogens (primary N) is 1. The fourth-order valence-electron chi connectivity index (χ4n) is 1.41. The van der Waals surface area contributed by atoms with E-state index in [2.05, 4.69) is 10.2 Å². The van der Waals surface area contributed by atoms with Crippen molar-refractivity contribution < 1.29 is 4.74 Å². The van der Waals surface area contributed by atoms with Crippen molar-refractivity contribution in [1.29, 1.82) is 0 Å². The Labute approximate surface area is 88.1 Å². The smallest absolute Gasteiger partial charge is 0.119 e. The molecule has 4 heteroatoms. The van der Waals surface area contributed by atoms with Crippen molar-refractivity contribution in [3.63, 3.8) is 0 Å². The van der Waals surface area contributed by atoms with E-state index < -0.39 is 0 Å². The molecule has 0 bridgehead atoms. The third kappa shape index (κ3) is 1.93. The highest BCUT2D eigenvalue weighted by molar-refractivity contribution is 5.71. The largest absolute Gasteiger partial charge is 0.494 e. The summed E-state index contributed by atoms with van der Waals surface area (Å²) in [6.45, 7) is 2.63. The zero-order valence-corrected chi connectivity index (χ0v) is 8.53. The Morgan fingerprint density at radius 2 is 2.07 bits per heavy atom. The van der Waals surface area contributed by atoms with Crippen LogP contribution in [0.4, 0.5) is 5.69 Å². The summed E-state index contributed by atoms with van der Waals surface area (Å²) in [6, 6.07) is 7.74. The van der Waals surface area contributed by atoms with Crippen molar-refractivity contribution in [3.05, 3.63) is 30.5 Å². The number of hydrogen-bond donors (Lipinski definition) is 2. The lowest BCUT2D eigenvalue weighted by Gasteiger charge is -2.04. The molecule has 0 radical (unpaired) electrons. The van der Waals surface area contributed by atoms with E-state index in [1.54, 1.807) is 6.20 Å². The quantitative estimate of drug-likeness (QED) is 0.802. The van der Waals surface area contributed by atoms with Gasteiger partial charge in [-0.3, -0.25) is 5.10 Å². The number of ether oxygens (including phenoxy) is 1. The number of hydrogen-bond acceptors (Lipinski definition) is 3. The lowest BCUT2D eigenvalue weighted by molar-refractivity contribution is 0.340. The van der Waals surface area contributed by atoms with Gasteiger partial charge in [-0.05, 0) is 31.2 Å². The Balaban J connectivity index is 2.28. The maximum absolute atomic E-state index is 5.74. The first-order valence-electron chi connectivity index (χ1n) is 4.83. The number of nitrogens with zero attached hydrogens (tertiary/aromatic N) is 1. The number of aromatic nitrogens is 2. The lowest BCUT2D eigenvalue weighted by atomic mass is 10.1. The number of H-pyrrole nitrogens is 1. The molecule has 0 unspecified atom stereocenters. The number of aromatic amines is 1. The Morgan fingerprint density at radius 1 is 1.33 bits per heavy atom. The Bertz CT molecular complexity index is 433. The van der Waals surface area contributed by atoms with Gasteiger partial charge in [-0.15, -0.1) is 0 Å². The molecule has 0 fully saturated rings. The molecule has 0 aliphatic heterocycles. The van der Waals surface area contributed by atoms with Crippen LogP contribution in [-0.4, -0.2) is 16.8 Å². The van der Waals surface area contributed by atoms with E-state index in [0.29, 0.717) is 12.3 Å². The fourth-order valence-corrected chi connectivity index (χ4v) is 1.41. The van der Waals surface area contributed by atoms with Crippen LogP contribution in [0.3, 0.4) is 0 Å². The van der Waals surface area contributed by atoms with Gasteiger partial charge in [0.25, 0.3) is 0 Å². The van der Waals surface area contributed by atoms with Gasteiger partial charge in [-0.1, -0.05) is 0 Å². The van der Waals surface area contributed by atoms with E-state index in [-0.39, 0.29) is 0 Å². The number of rotatable bonds is 3. The average molecular weight is 203 g/mol. The molecular formula is C11H13N3O. The monoisotopic (exact) mass is 203 g/mol. The van der Waals surface area contributed by atoms with E-state index >= 15 is 0 Å². The van der Waals surface area contributed by atoms with Crippen LogP contribution in [0.2, 0.25) is 0 Å². The van der Waals surface area contributed by atoms with Gasteiger partial charge in [0.2, 0.25) is 0 Å². The van der Waals surface area contributed by atoms with Crippen LogP contribution in [0.25, 0.3) is 11.3 Å². The van der Waals surface area contributed by atoms with E-state index in [0.717, 1.165) is 17.0 Å². The van der Waals surface area contributed by atoms with E-state index in [1.807, 2.05) is 31.2 Å². The normalized spacial score (nSPS) is 10.2. The van der Waals surface area contributed by atoms with Gasteiger partial charge in [-0.2, -0.15) is 5.10 Å². The molecule has 1 aromatic carbocycles. The molecule has 4 nitrogen and oxygen atoms in total. The molecule has 0 atom stereocenters. The van der Waals surface area contributed by atoms with Crippen molar-refractivity contribution >= 4 is 5.69 Å². The molecule has 1 heterocycles. The van der Waals surface area contributed by atoms with E-state index in [4.69, 9.17) is 10.5 Å². The van der Waals surface area contributed by atoms with Gasteiger partial charge in [0.15, 0.2) is 0 Å². The van der Waals surface area contributed by atoms with Crippen molar-refractivity contribution in [3.8, 4) is 17.0 Å². The second-order valence-corrected chi connectivity index (χ2v) is 3.16. The summed E-state index contributed by atoms with van der Waals surface area (Å²) in [5.41, 5.74) is 8.25. The second-order valence-electron chi connectivity index (χ2n) is 3.16. The summed E-state index contributed by atoms with van der Waals surface area (Å²) in [7, 11) is 0. The zero-order valence-electron chi connectivity index (χ0n) is 8.53. The van der Waals surface area contributed by atoms with Crippen LogP contribution in [0.1, 0.15) is 6.92 Å². The zero-order chi connectivity index (χ0) is 10.7. The molecule has 0 amide bonds. The molecule has 2 rings (SSSR count). The fraction of sp³-hybridized carbons (Fsp3) is 0.182.